The fourth-order valence-electron chi connectivity index (χ4n) is 6.42. The van der Waals surface area contributed by atoms with Crippen LogP contribution in [0, 0.1) is 23.2 Å². The number of nitrogens with zero attached hydrogens (tertiary/aromatic N) is 1. The van der Waals surface area contributed by atoms with Gasteiger partial charge in [0.05, 0.1) is 15.2 Å². The molecule has 4 bridgehead atoms. The second-order valence-electron chi connectivity index (χ2n) is 9.14. The smallest absolute Gasteiger partial charge is 0.220 e. The zero-order chi connectivity index (χ0) is 17.7. The van der Waals surface area contributed by atoms with Gasteiger partial charge in [0.2, 0.25) is 5.91 Å². The Morgan fingerprint density at radius 2 is 1.85 bits per heavy atom. The molecular formula is C22H28N2OS. The summed E-state index contributed by atoms with van der Waals surface area (Å²) in [5.41, 5.74) is 1.44. The average molecular weight is 369 g/mol. The van der Waals surface area contributed by atoms with E-state index in [2.05, 4.69) is 23.3 Å². The summed E-state index contributed by atoms with van der Waals surface area (Å²) in [7, 11) is 0. The number of benzene rings is 1. The maximum Gasteiger partial charge on any atom is 0.220 e. The molecule has 26 heavy (non-hydrogen) atoms. The molecule has 1 amide bonds. The van der Waals surface area contributed by atoms with Crippen LogP contribution in [0.3, 0.4) is 0 Å². The van der Waals surface area contributed by atoms with Crippen LogP contribution in [-0.4, -0.2) is 16.9 Å². The Morgan fingerprint density at radius 1 is 1.19 bits per heavy atom. The number of amides is 1. The standard InChI is InChI=1S/C22H28N2OS/c1-14(22-11-15-8-16(12-22)10-17(9-15)13-22)23-20(25)6-7-21-24-18-4-2-3-5-19(18)26-21/h2-5,14-17H,6-13H2,1H3,(H,23,25). The van der Waals surface area contributed by atoms with Gasteiger partial charge in [0.1, 0.15) is 0 Å². The number of carbonyl (C=O) groups excluding carboxylic acids is 1. The molecule has 1 atom stereocenters. The van der Waals surface area contributed by atoms with Gasteiger partial charge in [-0.25, -0.2) is 4.98 Å². The first kappa shape index (κ1) is 16.7. The number of hydrogen-bond acceptors (Lipinski definition) is 3. The van der Waals surface area contributed by atoms with Crippen molar-refractivity contribution in [1.29, 1.82) is 0 Å². The Bertz CT molecular complexity index is 758. The van der Waals surface area contributed by atoms with Crippen molar-refractivity contribution in [2.45, 2.75) is 64.3 Å². The maximum absolute atomic E-state index is 12.6. The summed E-state index contributed by atoms with van der Waals surface area (Å²) >= 11 is 1.71. The van der Waals surface area contributed by atoms with Gasteiger partial charge in [-0.2, -0.15) is 0 Å². The number of nitrogens with one attached hydrogen (secondary N) is 1. The van der Waals surface area contributed by atoms with Crippen LogP contribution in [0.1, 0.15) is 56.9 Å². The van der Waals surface area contributed by atoms with Crippen LogP contribution in [0.5, 0.6) is 0 Å². The SMILES string of the molecule is CC(NC(=O)CCc1nc2ccccc2s1)C12CC3CC(CC(C3)C1)C2. The molecule has 0 aliphatic heterocycles. The van der Waals surface area contributed by atoms with E-state index in [-0.39, 0.29) is 5.91 Å². The molecule has 1 heterocycles. The van der Waals surface area contributed by atoms with Crippen LogP contribution < -0.4 is 5.32 Å². The van der Waals surface area contributed by atoms with Crippen molar-refractivity contribution < 1.29 is 4.79 Å². The lowest BCUT2D eigenvalue weighted by Gasteiger charge is -2.59. The zero-order valence-electron chi connectivity index (χ0n) is 15.5. The molecular weight excluding hydrogens is 340 g/mol. The van der Waals surface area contributed by atoms with Crippen molar-refractivity contribution >= 4 is 27.5 Å². The van der Waals surface area contributed by atoms with E-state index in [0.29, 0.717) is 17.9 Å². The number of rotatable bonds is 5. The summed E-state index contributed by atoms with van der Waals surface area (Å²) in [6.45, 7) is 2.27. The molecule has 3 nitrogen and oxygen atoms in total. The molecule has 4 fully saturated rings. The second kappa shape index (κ2) is 6.33. The van der Waals surface area contributed by atoms with Crippen molar-refractivity contribution in [3.05, 3.63) is 29.3 Å². The van der Waals surface area contributed by atoms with E-state index >= 15 is 0 Å². The maximum atomic E-state index is 12.6. The molecule has 0 saturated heterocycles. The van der Waals surface area contributed by atoms with Crippen LogP contribution in [0.25, 0.3) is 10.2 Å². The molecule has 1 N–H and O–H groups in total. The van der Waals surface area contributed by atoms with Gasteiger partial charge in [-0.3, -0.25) is 4.79 Å². The van der Waals surface area contributed by atoms with E-state index in [1.807, 2.05) is 18.2 Å². The Hall–Kier alpha value is -1.42. The zero-order valence-corrected chi connectivity index (χ0v) is 16.4. The highest BCUT2D eigenvalue weighted by Crippen LogP contribution is 2.61. The summed E-state index contributed by atoms with van der Waals surface area (Å²) in [5.74, 6) is 3.00. The minimum atomic E-state index is 0.201. The van der Waals surface area contributed by atoms with Gasteiger partial charge < -0.3 is 5.32 Å². The Morgan fingerprint density at radius 3 is 2.50 bits per heavy atom. The third-order valence-electron chi connectivity index (χ3n) is 7.29. The lowest BCUT2D eigenvalue weighted by atomic mass is 9.48. The quantitative estimate of drug-likeness (QED) is 0.811. The van der Waals surface area contributed by atoms with Gasteiger partial charge in [0.15, 0.2) is 0 Å². The van der Waals surface area contributed by atoms with Crippen LogP contribution >= 0.6 is 11.3 Å². The van der Waals surface area contributed by atoms with E-state index in [9.17, 15) is 4.79 Å². The van der Waals surface area contributed by atoms with Gasteiger partial charge >= 0.3 is 0 Å². The number of aryl methyl sites for hydroxylation is 1. The first-order valence-electron chi connectivity index (χ1n) is 10.2. The highest BCUT2D eigenvalue weighted by atomic mass is 32.1. The van der Waals surface area contributed by atoms with Gasteiger partial charge in [0.25, 0.3) is 0 Å². The van der Waals surface area contributed by atoms with Crippen molar-refractivity contribution in [3.8, 4) is 0 Å². The van der Waals surface area contributed by atoms with Gasteiger partial charge in [-0.1, -0.05) is 12.1 Å². The van der Waals surface area contributed by atoms with E-state index in [4.69, 9.17) is 0 Å². The molecule has 4 aliphatic carbocycles. The number of hydrogen-bond donors (Lipinski definition) is 1. The van der Waals surface area contributed by atoms with Crippen LogP contribution in [0.2, 0.25) is 0 Å². The third kappa shape index (κ3) is 2.96. The van der Waals surface area contributed by atoms with Gasteiger partial charge in [-0.15, -0.1) is 11.3 Å². The Labute approximate surface area is 159 Å². The summed E-state index contributed by atoms with van der Waals surface area (Å²) in [6.07, 6.45) is 9.71. The summed E-state index contributed by atoms with van der Waals surface area (Å²) in [4.78, 5) is 17.3. The first-order valence-corrected chi connectivity index (χ1v) is 11.1. The predicted octanol–water partition coefficient (Wildman–Crippen LogP) is 4.95. The fraction of sp³-hybridized carbons (Fsp3) is 0.636. The van der Waals surface area contributed by atoms with E-state index in [1.54, 1.807) is 11.3 Å². The van der Waals surface area contributed by atoms with E-state index in [1.165, 1.54) is 43.2 Å². The summed E-state index contributed by atoms with van der Waals surface area (Å²) < 4.78 is 1.21. The predicted molar refractivity (Wildman–Crippen MR) is 106 cm³/mol. The third-order valence-corrected chi connectivity index (χ3v) is 8.38. The topological polar surface area (TPSA) is 42.0 Å². The van der Waals surface area contributed by atoms with E-state index < -0.39 is 0 Å². The van der Waals surface area contributed by atoms with Crippen molar-refractivity contribution in [1.82, 2.24) is 10.3 Å². The Balaban J connectivity index is 1.20. The molecule has 0 radical (unpaired) electrons. The fourth-order valence-corrected chi connectivity index (χ4v) is 7.39. The monoisotopic (exact) mass is 368 g/mol. The lowest BCUT2D eigenvalue weighted by molar-refractivity contribution is -0.125. The first-order chi connectivity index (χ1) is 12.6. The summed E-state index contributed by atoms with van der Waals surface area (Å²) in [6, 6.07) is 8.53. The van der Waals surface area contributed by atoms with Crippen LogP contribution in [0.4, 0.5) is 0 Å². The number of aromatic nitrogens is 1. The highest BCUT2D eigenvalue weighted by Gasteiger charge is 2.53. The average Bonchev–Trinajstić information content (AvgIpc) is 3.02. The van der Waals surface area contributed by atoms with E-state index in [0.717, 1.165) is 34.7 Å². The molecule has 1 unspecified atom stereocenters. The van der Waals surface area contributed by atoms with Crippen LogP contribution in [0.15, 0.2) is 24.3 Å². The minimum Gasteiger partial charge on any atom is -0.353 e. The second-order valence-corrected chi connectivity index (χ2v) is 10.3. The largest absolute Gasteiger partial charge is 0.353 e. The van der Waals surface area contributed by atoms with Gasteiger partial charge in [-0.05, 0) is 80.8 Å². The molecule has 6 rings (SSSR count). The number of carbonyl (C=O) groups is 1. The molecule has 2 aromatic rings. The minimum absolute atomic E-state index is 0.201. The number of fused-ring (bicyclic) bond motifs is 1. The molecule has 1 aromatic carbocycles. The van der Waals surface area contributed by atoms with Crippen molar-refractivity contribution in [3.63, 3.8) is 0 Å². The lowest BCUT2D eigenvalue weighted by Crippen LogP contribution is -2.55. The molecule has 138 valence electrons. The molecule has 0 spiro atoms. The number of thiazole rings is 1. The summed E-state index contributed by atoms with van der Waals surface area (Å²) in [5, 5.41) is 4.45. The van der Waals surface area contributed by atoms with Crippen molar-refractivity contribution in [2.24, 2.45) is 23.2 Å². The molecule has 1 aromatic heterocycles. The highest BCUT2D eigenvalue weighted by molar-refractivity contribution is 7.18. The number of para-hydroxylation sites is 1. The van der Waals surface area contributed by atoms with Crippen molar-refractivity contribution in [2.75, 3.05) is 0 Å². The molecule has 4 aliphatic rings. The molecule has 4 heteroatoms. The van der Waals surface area contributed by atoms with Gasteiger partial charge in [0, 0.05) is 18.9 Å². The molecule has 4 saturated carbocycles. The normalized spacial score (nSPS) is 33.5. The van der Waals surface area contributed by atoms with Crippen LogP contribution in [-0.2, 0) is 11.2 Å². The Kier molecular flexibility index (Phi) is 4.07.